The Balaban J connectivity index is 1.76. The van der Waals surface area contributed by atoms with E-state index in [0.29, 0.717) is 0 Å². The zero-order valence-electron chi connectivity index (χ0n) is 12.4. The number of halogens is 1. The summed E-state index contributed by atoms with van der Waals surface area (Å²) in [6.07, 6.45) is 5.69. The van der Waals surface area contributed by atoms with Gasteiger partial charge < -0.3 is 10.6 Å². The van der Waals surface area contributed by atoms with Crippen LogP contribution in [-0.4, -0.2) is 30.0 Å². The molecule has 0 aliphatic rings. The van der Waals surface area contributed by atoms with Gasteiger partial charge in [0.25, 0.3) is 0 Å². The van der Waals surface area contributed by atoms with Crippen LogP contribution < -0.4 is 5.73 Å². The number of rotatable bonds is 7. The molecule has 112 valence electrons. The Labute approximate surface area is 135 Å². The van der Waals surface area contributed by atoms with E-state index in [-0.39, 0.29) is 6.04 Å². The summed E-state index contributed by atoms with van der Waals surface area (Å²) in [6, 6.07) is 12.4. The third-order valence-corrected chi connectivity index (χ3v) is 4.38. The SMILES string of the molecule is CN(CCc1ccncc1)CCC(N)c1ccccc1Br. The first kappa shape index (κ1) is 16.1. The van der Waals surface area contributed by atoms with Gasteiger partial charge in [0.1, 0.15) is 0 Å². The van der Waals surface area contributed by atoms with Crippen LogP contribution in [0.2, 0.25) is 0 Å². The molecule has 0 amide bonds. The van der Waals surface area contributed by atoms with Crippen molar-refractivity contribution in [1.82, 2.24) is 9.88 Å². The van der Waals surface area contributed by atoms with Crippen LogP contribution >= 0.6 is 15.9 Å². The molecule has 3 nitrogen and oxygen atoms in total. The number of benzene rings is 1. The number of nitrogens with two attached hydrogens (primary N) is 1. The van der Waals surface area contributed by atoms with Gasteiger partial charge in [0, 0.05) is 29.5 Å². The normalized spacial score (nSPS) is 12.6. The summed E-state index contributed by atoms with van der Waals surface area (Å²) in [4.78, 5) is 6.37. The average molecular weight is 348 g/mol. The first-order valence-corrected chi connectivity index (χ1v) is 8.03. The Hall–Kier alpha value is -1.23. The van der Waals surface area contributed by atoms with Crippen LogP contribution in [0.3, 0.4) is 0 Å². The Morgan fingerprint density at radius 3 is 2.57 bits per heavy atom. The van der Waals surface area contributed by atoms with Gasteiger partial charge >= 0.3 is 0 Å². The maximum Gasteiger partial charge on any atom is 0.0318 e. The molecule has 0 spiro atoms. The number of hydrogen-bond acceptors (Lipinski definition) is 3. The lowest BCUT2D eigenvalue weighted by Crippen LogP contribution is -2.25. The molecule has 0 fully saturated rings. The summed E-state index contributed by atoms with van der Waals surface area (Å²) in [6.45, 7) is 2.03. The van der Waals surface area contributed by atoms with Crippen LogP contribution in [-0.2, 0) is 6.42 Å². The molecule has 21 heavy (non-hydrogen) atoms. The first-order valence-electron chi connectivity index (χ1n) is 7.24. The number of likely N-dealkylation sites (N-methyl/N-ethyl adjacent to an activating group) is 1. The summed E-state index contributed by atoms with van der Waals surface area (Å²) in [5, 5.41) is 0. The molecule has 2 rings (SSSR count). The van der Waals surface area contributed by atoms with Crippen molar-refractivity contribution >= 4 is 15.9 Å². The molecular weight excluding hydrogens is 326 g/mol. The van der Waals surface area contributed by atoms with E-state index in [1.165, 1.54) is 11.1 Å². The van der Waals surface area contributed by atoms with Crippen molar-refractivity contribution < 1.29 is 0 Å². The second kappa shape index (κ2) is 8.27. The minimum Gasteiger partial charge on any atom is -0.324 e. The van der Waals surface area contributed by atoms with Gasteiger partial charge in [-0.3, -0.25) is 4.98 Å². The molecule has 0 saturated carbocycles. The maximum absolute atomic E-state index is 6.29. The van der Waals surface area contributed by atoms with Gasteiger partial charge in [-0.15, -0.1) is 0 Å². The predicted octanol–water partition coefficient (Wildman–Crippen LogP) is 3.41. The van der Waals surface area contributed by atoms with Crippen molar-refractivity contribution in [2.45, 2.75) is 18.9 Å². The zero-order chi connectivity index (χ0) is 15.1. The third kappa shape index (κ3) is 5.23. The van der Waals surface area contributed by atoms with Gasteiger partial charge in [0.05, 0.1) is 0 Å². The van der Waals surface area contributed by atoms with Crippen molar-refractivity contribution in [1.29, 1.82) is 0 Å². The summed E-state index contributed by atoms with van der Waals surface area (Å²) in [5.74, 6) is 0. The van der Waals surface area contributed by atoms with E-state index < -0.39 is 0 Å². The monoisotopic (exact) mass is 347 g/mol. The molecule has 1 atom stereocenters. The molecule has 0 saturated heterocycles. The molecule has 0 aliphatic heterocycles. The Bertz CT molecular complexity index is 545. The van der Waals surface area contributed by atoms with Crippen LogP contribution in [0.15, 0.2) is 53.3 Å². The largest absolute Gasteiger partial charge is 0.324 e. The van der Waals surface area contributed by atoms with Gasteiger partial charge in [0.2, 0.25) is 0 Å². The van der Waals surface area contributed by atoms with Crippen molar-refractivity contribution in [3.05, 3.63) is 64.4 Å². The molecule has 1 unspecified atom stereocenters. The lowest BCUT2D eigenvalue weighted by Gasteiger charge is -2.20. The number of hydrogen-bond donors (Lipinski definition) is 1. The van der Waals surface area contributed by atoms with Crippen LogP contribution in [0, 0.1) is 0 Å². The molecule has 1 heterocycles. The molecule has 0 bridgehead atoms. The van der Waals surface area contributed by atoms with Gasteiger partial charge in [-0.05, 0) is 55.8 Å². The summed E-state index contributed by atoms with van der Waals surface area (Å²) in [7, 11) is 2.15. The third-order valence-electron chi connectivity index (χ3n) is 3.66. The van der Waals surface area contributed by atoms with Gasteiger partial charge in [0.15, 0.2) is 0 Å². The van der Waals surface area contributed by atoms with Crippen molar-refractivity contribution in [3.8, 4) is 0 Å². The highest BCUT2D eigenvalue weighted by Crippen LogP contribution is 2.23. The second-order valence-electron chi connectivity index (χ2n) is 5.33. The van der Waals surface area contributed by atoms with Gasteiger partial charge in [-0.1, -0.05) is 34.1 Å². The molecule has 1 aromatic heterocycles. The summed E-state index contributed by atoms with van der Waals surface area (Å²) in [5.41, 5.74) is 8.79. The maximum atomic E-state index is 6.29. The van der Waals surface area contributed by atoms with E-state index in [4.69, 9.17) is 5.73 Å². The van der Waals surface area contributed by atoms with E-state index in [1.54, 1.807) is 0 Å². The standard InChI is InChI=1S/C17H22BrN3/c1-21(12-8-14-6-10-20-11-7-14)13-9-17(19)15-4-2-3-5-16(15)18/h2-7,10-11,17H,8-9,12-13,19H2,1H3. The van der Waals surface area contributed by atoms with E-state index >= 15 is 0 Å². The molecule has 0 aliphatic carbocycles. The van der Waals surface area contributed by atoms with Crippen LogP contribution in [0.5, 0.6) is 0 Å². The molecule has 0 radical (unpaired) electrons. The molecule has 2 N–H and O–H groups in total. The Morgan fingerprint density at radius 1 is 1.14 bits per heavy atom. The molecule has 4 heteroatoms. The van der Waals surface area contributed by atoms with Crippen LogP contribution in [0.4, 0.5) is 0 Å². The number of pyridine rings is 1. The summed E-state index contributed by atoms with van der Waals surface area (Å²) < 4.78 is 1.09. The molecule has 1 aromatic carbocycles. The van der Waals surface area contributed by atoms with Crippen LogP contribution in [0.1, 0.15) is 23.6 Å². The van der Waals surface area contributed by atoms with Crippen molar-refractivity contribution in [3.63, 3.8) is 0 Å². The van der Waals surface area contributed by atoms with E-state index in [1.807, 2.05) is 30.6 Å². The Kier molecular flexibility index (Phi) is 6.36. The van der Waals surface area contributed by atoms with Crippen molar-refractivity contribution in [2.75, 3.05) is 20.1 Å². The van der Waals surface area contributed by atoms with Gasteiger partial charge in [-0.2, -0.15) is 0 Å². The highest BCUT2D eigenvalue weighted by atomic mass is 79.9. The minimum atomic E-state index is 0.0731. The first-order chi connectivity index (χ1) is 10.2. The van der Waals surface area contributed by atoms with Crippen LogP contribution in [0.25, 0.3) is 0 Å². The minimum absolute atomic E-state index is 0.0731. The smallest absolute Gasteiger partial charge is 0.0318 e. The highest BCUT2D eigenvalue weighted by Gasteiger charge is 2.10. The summed E-state index contributed by atoms with van der Waals surface area (Å²) >= 11 is 3.57. The molecular formula is C17H22BrN3. The van der Waals surface area contributed by atoms with Crippen molar-refractivity contribution in [2.24, 2.45) is 5.73 Å². The lowest BCUT2D eigenvalue weighted by molar-refractivity contribution is 0.322. The predicted molar refractivity (Wildman–Crippen MR) is 91.1 cm³/mol. The van der Waals surface area contributed by atoms with Gasteiger partial charge in [-0.25, -0.2) is 0 Å². The quantitative estimate of drug-likeness (QED) is 0.834. The highest BCUT2D eigenvalue weighted by molar-refractivity contribution is 9.10. The lowest BCUT2D eigenvalue weighted by atomic mass is 10.0. The van der Waals surface area contributed by atoms with E-state index in [9.17, 15) is 0 Å². The average Bonchev–Trinajstić information content (AvgIpc) is 2.52. The fourth-order valence-electron chi connectivity index (χ4n) is 2.27. The number of nitrogens with zero attached hydrogens (tertiary/aromatic N) is 2. The fourth-order valence-corrected chi connectivity index (χ4v) is 2.85. The Morgan fingerprint density at radius 2 is 1.86 bits per heavy atom. The van der Waals surface area contributed by atoms with E-state index in [0.717, 1.165) is 30.4 Å². The molecule has 2 aromatic rings. The second-order valence-corrected chi connectivity index (χ2v) is 6.18. The topological polar surface area (TPSA) is 42.2 Å². The zero-order valence-corrected chi connectivity index (χ0v) is 14.0. The fraction of sp³-hybridized carbons (Fsp3) is 0.353. The van der Waals surface area contributed by atoms with E-state index in [2.05, 4.69) is 51.1 Å². The number of aromatic nitrogens is 1.